The molecule has 0 bridgehead atoms. The minimum Gasteiger partial charge on any atom is -0.748 e. The van der Waals surface area contributed by atoms with Crippen LogP contribution in [0.4, 0.5) is 0 Å². The molecule has 1 aromatic heterocycles. The molecule has 0 atom stereocenters. The molecule has 1 N–H and O–H groups in total. The maximum Gasteiger partial charge on any atom is 1.00 e. The van der Waals surface area contributed by atoms with Gasteiger partial charge in [0.15, 0.2) is 0 Å². The Morgan fingerprint density at radius 2 is 1.42 bits per heavy atom. The Hall–Kier alpha value is 1.87. The van der Waals surface area contributed by atoms with Gasteiger partial charge in [-0.15, -0.1) is 0 Å². The maximum absolute atomic E-state index is 11.7. The average Bonchev–Trinajstić information content (AvgIpc) is 3.19. The number of fused-ring (bicyclic) bond motifs is 1. The minimum absolute atomic E-state index is 0. The number of aromatic nitrogens is 2. The first-order valence-corrected chi connectivity index (χ1v) is 16.3. The van der Waals surface area contributed by atoms with Crippen LogP contribution in [0.1, 0.15) is 102 Å². The summed E-state index contributed by atoms with van der Waals surface area (Å²) in [4.78, 5) is 7.82. The maximum atomic E-state index is 11.7. The predicted octanol–water partition coefficient (Wildman–Crippen LogP) is -0.434. The van der Waals surface area contributed by atoms with Crippen molar-refractivity contribution in [1.82, 2.24) is 9.97 Å². The molecule has 204 valence electrons. The molecule has 0 amide bonds. The molecule has 1 aromatic carbocycles. The standard InChI is InChI=1S/C25H40N2O6S3.2K/c1-2-3-4-5-6-7-8-9-10-11-12-14-21(34)17-20-18-22(36(31,32)33)19-23-25(20)27-24(26-23)15-13-16-35(28,29)30;;/h18-19H,2-17H2,1H3,(H,26,27)(H,28,29,30)(H,31,32,33);;/q;2*+1/p-2. The van der Waals surface area contributed by atoms with Crippen molar-refractivity contribution in [2.75, 3.05) is 5.75 Å². The summed E-state index contributed by atoms with van der Waals surface area (Å²) in [5.74, 6) is -0.0909. The summed E-state index contributed by atoms with van der Waals surface area (Å²) in [6.45, 7) is 2.23. The Morgan fingerprint density at radius 3 is 1.95 bits per heavy atom. The van der Waals surface area contributed by atoms with Crippen LogP contribution in [0.2, 0.25) is 0 Å². The molecule has 0 saturated carbocycles. The van der Waals surface area contributed by atoms with Crippen LogP contribution in [0.15, 0.2) is 17.0 Å². The van der Waals surface area contributed by atoms with Gasteiger partial charge in [0.05, 0.1) is 26.0 Å². The normalized spacial score (nSPS) is 11.8. The van der Waals surface area contributed by atoms with Crippen LogP contribution >= 0.6 is 12.2 Å². The van der Waals surface area contributed by atoms with Crippen molar-refractivity contribution < 1.29 is 129 Å². The van der Waals surface area contributed by atoms with Crippen molar-refractivity contribution >= 4 is 48.4 Å². The zero-order valence-electron chi connectivity index (χ0n) is 23.1. The van der Waals surface area contributed by atoms with E-state index >= 15 is 0 Å². The number of hydrogen-bond acceptors (Lipinski definition) is 8. The molecule has 0 radical (unpaired) electrons. The van der Waals surface area contributed by atoms with Gasteiger partial charge >= 0.3 is 103 Å². The number of unbranched alkanes of at least 4 members (excludes halogenated alkanes) is 10. The van der Waals surface area contributed by atoms with Gasteiger partial charge in [-0.25, -0.2) is 21.8 Å². The molecule has 0 aliphatic carbocycles. The zero-order valence-corrected chi connectivity index (χ0v) is 31.8. The Morgan fingerprint density at radius 1 is 0.868 bits per heavy atom. The second kappa shape index (κ2) is 20.7. The monoisotopic (exact) mass is 636 g/mol. The number of aromatic amines is 1. The van der Waals surface area contributed by atoms with E-state index in [0.29, 0.717) is 28.8 Å². The molecule has 0 aliphatic heterocycles. The van der Waals surface area contributed by atoms with Gasteiger partial charge in [0.1, 0.15) is 15.9 Å². The smallest absolute Gasteiger partial charge is 0.748 e. The third kappa shape index (κ3) is 16.5. The summed E-state index contributed by atoms with van der Waals surface area (Å²) in [5.41, 5.74) is 1.43. The third-order valence-corrected chi connectivity index (χ3v) is 8.18. The van der Waals surface area contributed by atoms with Crippen LogP contribution in [0, 0.1) is 0 Å². The van der Waals surface area contributed by atoms with Crippen molar-refractivity contribution in [2.24, 2.45) is 0 Å². The Labute approximate surface area is 319 Å². The third-order valence-electron chi connectivity index (χ3n) is 6.23. The summed E-state index contributed by atoms with van der Waals surface area (Å²) in [7, 11) is -9.01. The first-order chi connectivity index (χ1) is 17.0. The van der Waals surface area contributed by atoms with Gasteiger partial charge in [0, 0.05) is 18.6 Å². The average molecular weight is 637 g/mol. The molecule has 38 heavy (non-hydrogen) atoms. The largest absolute Gasteiger partial charge is 1.00 e. The quantitative estimate of drug-likeness (QED) is 0.0947. The van der Waals surface area contributed by atoms with Gasteiger partial charge in [-0.05, 0) is 41.8 Å². The molecule has 8 nitrogen and oxygen atoms in total. The van der Waals surface area contributed by atoms with Crippen LogP contribution < -0.4 is 103 Å². The van der Waals surface area contributed by atoms with Crippen LogP contribution in [0.5, 0.6) is 0 Å². The van der Waals surface area contributed by atoms with Gasteiger partial charge in [0.2, 0.25) is 0 Å². The SMILES string of the molecule is CCCCCCCCCCCCCC(=S)Cc1cc(S(=O)(=O)[O-])cc2[nH]c(CCCS(=O)(=O)[O-])nc12.[K+].[K+]. The first-order valence-electron chi connectivity index (χ1n) is 12.9. The number of nitrogens with one attached hydrogen (secondary N) is 1. The van der Waals surface area contributed by atoms with Crippen molar-refractivity contribution in [1.29, 1.82) is 0 Å². The number of rotatable bonds is 19. The van der Waals surface area contributed by atoms with Crippen molar-refractivity contribution in [3.63, 3.8) is 0 Å². The Bertz CT molecular complexity index is 1200. The van der Waals surface area contributed by atoms with Crippen LogP contribution in [-0.4, -0.2) is 46.5 Å². The van der Waals surface area contributed by atoms with E-state index in [-0.39, 0.29) is 121 Å². The Balaban J connectivity index is 0.00000684. The summed E-state index contributed by atoms with van der Waals surface area (Å²) in [5, 5.41) is 0. The van der Waals surface area contributed by atoms with Crippen molar-refractivity contribution in [3.05, 3.63) is 23.5 Å². The molecule has 13 heteroatoms. The number of thiocarbonyl (C=S) groups is 1. The van der Waals surface area contributed by atoms with Gasteiger partial charge in [-0.2, -0.15) is 0 Å². The fourth-order valence-corrected chi connectivity index (χ4v) is 5.66. The molecule has 0 saturated heterocycles. The predicted molar refractivity (Wildman–Crippen MR) is 144 cm³/mol. The van der Waals surface area contributed by atoms with Crippen molar-refractivity contribution in [3.8, 4) is 0 Å². The number of imidazole rings is 1. The van der Waals surface area contributed by atoms with E-state index in [1.807, 2.05) is 0 Å². The molecule has 0 unspecified atom stereocenters. The molecule has 2 rings (SSSR count). The van der Waals surface area contributed by atoms with Gasteiger partial charge in [0.25, 0.3) is 0 Å². The fraction of sp³-hybridized carbons (Fsp3) is 0.680. The van der Waals surface area contributed by atoms with E-state index < -0.39 is 26.0 Å². The second-order valence-electron chi connectivity index (χ2n) is 9.48. The topological polar surface area (TPSA) is 143 Å². The van der Waals surface area contributed by atoms with E-state index in [1.165, 1.54) is 69.9 Å². The fourth-order valence-electron chi connectivity index (χ4n) is 4.31. The molecule has 0 fully saturated rings. The summed E-state index contributed by atoms with van der Waals surface area (Å²) < 4.78 is 67.5. The van der Waals surface area contributed by atoms with Crippen LogP contribution in [0.25, 0.3) is 11.0 Å². The summed E-state index contributed by atoms with van der Waals surface area (Å²) in [6.07, 6.45) is 15.0. The first kappa shape index (κ1) is 39.9. The van der Waals surface area contributed by atoms with E-state index in [4.69, 9.17) is 12.2 Å². The summed E-state index contributed by atoms with van der Waals surface area (Å²) in [6, 6.07) is 2.55. The zero-order chi connectivity index (χ0) is 26.6. The Kier molecular flexibility index (Phi) is 21.7. The molecular formula is C25H38K2N2O6S3. The number of hydrogen-bond donors (Lipinski definition) is 1. The van der Waals surface area contributed by atoms with E-state index in [2.05, 4.69) is 16.9 Å². The van der Waals surface area contributed by atoms with Gasteiger partial charge < -0.3 is 14.1 Å². The van der Waals surface area contributed by atoms with Crippen molar-refractivity contribution in [2.45, 2.75) is 108 Å². The molecular weight excluding hydrogens is 599 g/mol. The number of aryl methyl sites for hydroxylation is 1. The van der Waals surface area contributed by atoms with E-state index in [1.54, 1.807) is 0 Å². The number of benzene rings is 1. The van der Waals surface area contributed by atoms with Crippen LogP contribution in [-0.2, 0) is 33.1 Å². The molecule has 0 aliphatic rings. The van der Waals surface area contributed by atoms with Gasteiger partial charge in [-0.3, -0.25) is 0 Å². The summed E-state index contributed by atoms with van der Waals surface area (Å²) >= 11 is 5.56. The number of nitrogens with zero attached hydrogens (tertiary/aromatic N) is 1. The minimum atomic E-state index is -4.68. The molecule has 2 aromatic rings. The second-order valence-corrected chi connectivity index (χ2v) is 13.0. The van der Waals surface area contributed by atoms with Gasteiger partial charge in [-0.1, -0.05) is 83.3 Å². The molecule has 0 spiro atoms. The van der Waals surface area contributed by atoms with E-state index in [0.717, 1.165) is 24.1 Å². The van der Waals surface area contributed by atoms with Crippen LogP contribution in [0.3, 0.4) is 0 Å². The number of H-pyrrole nitrogens is 1. The van der Waals surface area contributed by atoms with E-state index in [9.17, 15) is 25.9 Å². The molecule has 1 heterocycles.